The quantitative estimate of drug-likeness (QED) is 0.775. The molecule has 2 N–H and O–H groups in total. The van der Waals surface area contributed by atoms with Gasteiger partial charge in [0.05, 0.1) is 34.7 Å². The number of amides is 1. The molecule has 0 aliphatic heterocycles. The number of aromatic nitrogens is 3. The fourth-order valence-electron chi connectivity index (χ4n) is 2.29. The Labute approximate surface area is 122 Å². The molecule has 2 heterocycles. The number of nitrogens with one attached hydrogen (secondary N) is 2. The normalized spacial score (nSPS) is 10.8. The number of rotatable bonds is 3. The van der Waals surface area contributed by atoms with Crippen LogP contribution in [-0.2, 0) is 11.2 Å². The van der Waals surface area contributed by atoms with Crippen molar-refractivity contribution in [2.45, 2.75) is 20.3 Å². The molecular formula is C16H16N4O. The van der Waals surface area contributed by atoms with Gasteiger partial charge in [0, 0.05) is 5.39 Å². The van der Waals surface area contributed by atoms with Gasteiger partial charge in [0.1, 0.15) is 0 Å². The number of para-hydroxylation sites is 1. The zero-order valence-electron chi connectivity index (χ0n) is 12.0. The van der Waals surface area contributed by atoms with Crippen LogP contribution in [0.25, 0.3) is 10.9 Å². The van der Waals surface area contributed by atoms with Crippen molar-refractivity contribution in [3.8, 4) is 0 Å². The van der Waals surface area contributed by atoms with Crippen molar-refractivity contribution in [3.63, 3.8) is 0 Å². The van der Waals surface area contributed by atoms with E-state index in [-0.39, 0.29) is 12.3 Å². The number of fused-ring (bicyclic) bond motifs is 1. The largest absolute Gasteiger partial charge is 0.323 e. The van der Waals surface area contributed by atoms with Crippen LogP contribution in [0.4, 0.5) is 5.69 Å². The van der Waals surface area contributed by atoms with E-state index in [1.54, 1.807) is 0 Å². The van der Waals surface area contributed by atoms with Crippen LogP contribution >= 0.6 is 0 Å². The van der Waals surface area contributed by atoms with Gasteiger partial charge in [-0.25, -0.2) is 0 Å². The van der Waals surface area contributed by atoms with Gasteiger partial charge in [0.25, 0.3) is 0 Å². The van der Waals surface area contributed by atoms with Crippen molar-refractivity contribution in [1.29, 1.82) is 0 Å². The van der Waals surface area contributed by atoms with E-state index in [4.69, 9.17) is 0 Å². The standard InChI is InChI=1S/C16H16N4O/c1-10-16(11(2)20-19-10)18-15(21)9-13-8-7-12-5-3-4-6-14(12)17-13/h3-8H,9H2,1-2H3,(H,18,21)(H,19,20). The zero-order valence-corrected chi connectivity index (χ0v) is 12.0. The van der Waals surface area contributed by atoms with Crippen molar-refractivity contribution in [3.05, 3.63) is 53.5 Å². The summed E-state index contributed by atoms with van der Waals surface area (Å²) in [6.45, 7) is 3.73. The van der Waals surface area contributed by atoms with E-state index in [0.717, 1.165) is 33.7 Å². The number of aryl methyl sites for hydroxylation is 2. The summed E-state index contributed by atoms with van der Waals surface area (Å²) in [6, 6.07) is 11.7. The minimum atomic E-state index is -0.0922. The van der Waals surface area contributed by atoms with Crippen LogP contribution in [0.3, 0.4) is 0 Å². The van der Waals surface area contributed by atoms with Gasteiger partial charge in [0.15, 0.2) is 0 Å². The lowest BCUT2D eigenvalue weighted by atomic mass is 10.1. The van der Waals surface area contributed by atoms with Gasteiger partial charge in [-0.05, 0) is 26.0 Å². The third-order valence-corrected chi connectivity index (χ3v) is 3.39. The van der Waals surface area contributed by atoms with Gasteiger partial charge in [-0.1, -0.05) is 24.3 Å². The Morgan fingerprint density at radius 1 is 1.19 bits per heavy atom. The number of anilines is 1. The molecule has 2 aromatic heterocycles. The molecule has 0 saturated carbocycles. The minimum Gasteiger partial charge on any atom is -0.323 e. The second kappa shape index (κ2) is 5.36. The average molecular weight is 280 g/mol. The second-order valence-electron chi connectivity index (χ2n) is 5.03. The van der Waals surface area contributed by atoms with Crippen LogP contribution in [0.15, 0.2) is 36.4 Å². The summed E-state index contributed by atoms with van der Waals surface area (Å²) < 4.78 is 0. The summed E-state index contributed by atoms with van der Waals surface area (Å²) in [6.07, 6.45) is 0.245. The first-order chi connectivity index (χ1) is 10.1. The van der Waals surface area contributed by atoms with Crippen LogP contribution in [-0.4, -0.2) is 21.1 Å². The highest BCUT2D eigenvalue weighted by Gasteiger charge is 2.11. The third-order valence-electron chi connectivity index (χ3n) is 3.39. The average Bonchev–Trinajstić information content (AvgIpc) is 2.79. The lowest BCUT2D eigenvalue weighted by Gasteiger charge is -2.06. The van der Waals surface area contributed by atoms with Crippen molar-refractivity contribution < 1.29 is 4.79 Å². The first-order valence-electron chi connectivity index (χ1n) is 6.79. The smallest absolute Gasteiger partial charge is 0.230 e. The summed E-state index contributed by atoms with van der Waals surface area (Å²) in [5.41, 5.74) is 4.05. The van der Waals surface area contributed by atoms with E-state index in [0.29, 0.717) is 0 Å². The monoisotopic (exact) mass is 280 g/mol. The van der Waals surface area contributed by atoms with E-state index in [1.165, 1.54) is 0 Å². The SMILES string of the molecule is Cc1n[nH]c(C)c1NC(=O)Cc1ccc2ccccc2n1. The van der Waals surface area contributed by atoms with Crippen molar-refractivity contribution >= 4 is 22.5 Å². The van der Waals surface area contributed by atoms with Crippen molar-refractivity contribution in [2.24, 2.45) is 0 Å². The van der Waals surface area contributed by atoms with Gasteiger partial charge in [-0.2, -0.15) is 5.10 Å². The summed E-state index contributed by atoms with van der Waals surface area (Å²) in [4.78, 5) is 16.6. The molecule has 106 valence electrons. The van der Waals surface area contributed by atoms with Gasteiger partial charge in [-0.15, -0.1) is 0 Å². The first-order valence-corrected chi connectivity index (χ1v) is 6.79. The number of hydrogen-bond acceptors (Lipinski definition) is 3. The summed E-state index contributed by atoms with van der Waals surface area (Å²) in [5.74, 6) is -0.0922. The molecule has 3 aromatic rings. The van der Waals surface area contributed by atoms with Gasteiger partial charge in [-0.3, -0.25) is 14.9 Å². The fraction of sp³-hybridized carbons (Fsp3) is 0.188. The zero-order chi connectivity index (χ0) is 14.8. The lowest BCUT2D eigenvalue weighted by Crippen LogP contribution is -2.16. The number of pyridine rings is 1. The Balaban J connectivity index is 1.77. The predicted octanol–water partition coefficient (Wildman–Crippen LogP) is 2.76. The molecule has 1 amide bonds. The van der Waals surface area contributed by atoms with Gasteiger partial charge in [0.2, 0.25) is 5.91 Å². The molecule has 0 spiro atoms. The van der Waals surface area contributed by atoms with E-state index in [9.17, 15) is 4.79 Å². The highest BCUT2D eigenvalue weighted by molar-refractivity contribution is 5.93. The number of nitrogens with zero attached hydrogens (tertiary/aromatic N) is 2. The highest BCUT2D eigenvalue weighted by Crippen LogP contribution is 2.17. The molecule has 0 radical (unpaired) electrons. The Hall–Kier alpha value is -2.69. The summed E-state index contributed by atoms with van der Waals surface area (Å²) >= 11 is 0. The summed E-state index contributed by atoms with van der Waals surface area (Å²) in [5, 5.41) is 10.9. The summed E-state index contributed by atoms with van der Waals surface area (Å²) in [7, 11) is 0. The minimum absolute atomic E-state index is 0.0922. The molecule has 5 heteroatoms. The van der Waals surface area contributed by atoms with Gasteiger partial charge >= 0.3 is 0 Å². The molecule has 1 aromatic carbocycles. The van der Waals surface area contributed by atoms with Crippen molar-refractivity contribution in [1.82, 2.24) is 15.2 Å². The molecule has 0 atom stereocenters. The van der Waals surface area contributed by atoms with Gasteiger partial charge < -0.3 is 5.32 Å². The number of carbonyl (C=O) groups is 1. The number of H-pyrrole nitrogens is 1. The van der Waals surface area contributed by atoms with E-state index in [1.807, 2.05) is 50.2 Å². The maximum absolute atomic E-state index is 12.1. The van der Waals surface area contributed by atoms with E-state index >= 15 is 0 Å². The fourth-order valence-corrected chi connectivity index (χ4v) is 2.29. The van der Waals surface area contributed by atoms with Crippen molar-refractivity contribution in [2.75, 3.05) is 5.32 Å². The Morgan fingerprint density at radius 2 is 2.00 bits per heavy atom. The molecule has 0 unspecified atom stereocenters. The lowest BCUT2D eigenvalue weighted by molar-refractivity contribution is -0.115. The van der Waals surface area contributed by atoms with E-state index in [2.05, 4.69) is 20.5 Å². The molecule has 0 fully saturated rings. The van der Waals surface area contributed by atoms with Crippen LogP contribution in [0, 0.1) is 13.8 Å². The topological polar surface area (TPSA) is 70.7 Å². The molecule has 0 bridgehead atoms. The molecule has 21 heavy (non-hydrogen) atoms. The molecule has 0 saturated heterocycles. The number of benzene rings is 1. The van der Waals surface area contributed by atoms with E-state index < -0.39 is 0 Å². The number of carbonyl (C=O) groups excluding carboxylic acids is 1. The highest BCUT2D eigenvalue weighted by atomic mass is 16.1. The number of aromatic amines is 1. The predicted molar refractivity (Wildman–Crippen MR) is 82.1 cm³/mol. The molecule has 0 aliphatic rings. The molecule has 5 nitrogen and oxygen atoms in total. The Kier molecular flexibility index (Phi) is 3.39. The van der Waals surface area contributed by atoms with Crippen LogP contribution in [0.2, 0.25) is 0 Å². The maximum atomic E-state index is 12.1. The molecule has 0 aliphatic carbocycles. The number of hydrogen-bond donors (Lipinski definition) is 2. The Morgan fingerprint density at radius 3 is 2.76 bits per heavy atom. The van der Waals surface area contributed by atoms with Crippen LogP contribution < -0.4 is 5.32 Å². The maximum Gasteiger partial charge on any atom is 0.230 e. The van der Waals surface area contributed by atoms with Crippen LogP contribution in [0.5, 0.6) is 0 Å². The first kappa shape index (κ1) is 13.3. The third kappa shape index (κ3) is 2.76. The second-order valence-corrected chi connectivity index (χ2v) is 5.03. The molecular weight excluding hydrogens is 264 g/mol. The molecule has 3 rings (SSSR count). The van der Waals surface area contributed by atoms with Crippen LogP contribution in [0.1, 0.15) is 17.1 Å². The Bertz CT molecular complexity index is 787.